The Labute approximate surface area is 133 Å². The maximum atomic E-state index is 13.1. The molecule has 0 radical (unpaired) electrons. The lowest BCUT2D eigenvalue weighted by atomic mass is 10.0. The minimum atomic E-state index is -0.714. The summed E-state index contributed by atoms with van der Waals surface area (Å²) < 4.78 is 18.3. The molecule has 2 heterocycles. The summed E-state index contributed by atoms with van der Waals surface area (Å²) in [5.41, 5.74) is 0.606. The highest BCUT2D eigenvalue weighted by molar-refractivity contribution is 5.89. The molecule has 1 N–H and O–H groups in total. The van der Waals surface area contributed by atoms with Crippen LogP contribution >= 0.6 is 0 Å². The Bertz CT molecular complexity index is 682. The van der Waals surface area contributed by atoms with Gasteiger partial charge in [0, 0.05) is 25.9 Å². The van der Waals surface area contributed by atoms with Gasteiger partial charge in [-0.15, -0.1) is 0 Å². The zero-order chi connectivity index (χ0) is 16.2. The summed E-state index contributed by atoms with van der Waals surface area (Å²) in [5, 5.41) is 2.75. The second kappa shape index (κ2) is 6.64. The Hall–Kier alpha value is -2.63. The van der Waals surface area contributed by atoms with Crippen LogP contribution in [0.5, 0.6) is 0 Å². The van der Waals surface area contributed by atoms with Crippen LogP contribution in [0.3, 0.4) is 0 Å². The zero-order valence-corrected chi connectivity index (χ0v) is 12.5. The first kappa shape index (κ1) is 15.3. The minimum Gasteiger partial charge on any atom is -0.469 e. The Morgan fingerprint density at radius 2 is 2.09 bits per heavy atom. The number of hydrogen-bond donors (Lipinski definition) is 1. The standard InChI is InChI=1S/C17H17FN2O3/c18-13-5-3-12(4-6-13)16-17(22)19-9-10-20(16)15(21)8-7-14-2-1-11-23-14/h1-6,11,16H,7-10H2,(H,19,22). The molecule has 3 rings (SSSR count). The van der Waals surface area contributed by atoms with Gasteiger partial charge in [0.25, 0.3) is 0 Å². The number of hydrogen-bond acceptors (Lipinski definition) is 3. The molecule has 120 valence electrons. The van der Waals surface area contributed by atoms with Gasteiger partial charge in [0.2, 0.25) is 11.8 Å². The fraction of sp³-hybridized carbons (Fsp3) is 0.294. The number of aryl methyl sites for hydroxylation is 1. The van der Waals surface area contributed by atoms with Crippen LogP contribution in [0.2, 0.25) is 0 Å². The molecule has 1 atom stereocenters. The van der Waals surface area contributed by atoms with Crippen LogP contribution in [0, 0.1) is 5.82 Å². The number of benzene rings is 1. The van der Waals surface area contributed by atoms with Gasteiger partial charge in [0.15, 0.2) is 0 Å². The molecular formula is C17H17FN2O3. The summed E-state index contributed by atoms with van der Waals surface area (Å²) in [6.07, 6.45) is 2.31. The van der Waals surface area contributed by atoms with E-state index in [0.29, 0.717) is 25.1 Å². The molecular weight excluding hydrogens is 299 g/mol. The quantitative estimate of drug-likeness (QED) is 0.939. The molecule has 2 amide bonds. The molecule has 1 unspecified atom stereocenters. The first-order valence-corrected chi connectivity index (χ1v) is 7.50. The van der Waals surface area contributed by atoms with E-state index in [-0.39, 0.29) is 24.1 Å². The monoisotopic (exact) mass is 316 g/mol. The van der Waals surface area contributed by atoms with Crippen LogP contribution in [-0.4, -0.2) is 29.8 Å². The third-order valence-corrected chi connectivity index (χ3v) is 3.88. The molecule has 0 bridgehead atoms. The summed E-state index contributed by atoms with van der Waals surface area (Å²) in [5.74, 6) is -0.00131. The van der Waals surface area contributed by atoms with E-state index in [1.54, 1.807) is 17.2 Å². The maximum Gasteiger partial charge on any atom is 0.247 e. The van der Waals surface area contributed by atoms with Gasteiger partial charge in [-0.1, -0.05) is 12.1 Å². The van der Waals surface area contributed by atoms with E-state index in [2.05, 4.69) is 5.32 Å². The predicted molar refractivity (Wildman–Crippen MR) is 80.9 cm³/mol. The highest BCUT2D eigenvalue weighted by Crippen LogP contribution is 2.24. The Kier molecular flexibility index (Phi) is 4.41. The van der Waals surface area contributed by atoms with Crippen molar-refractivity contribution in [1.82, 2.24) is 10.2 Å². The van der Waals surface area contributed by atoms with Gasteiger partial charge in [-0.05, 0) is 29.8 Å². The molecule has 5 nitrogen and oxygen atoms in total. The van der Waals surface area contributed by atoms with Crippen LogP contribution < -0.4 is 5.32 Å². The van der Waals surface area contributed by atoms with E-state index < -0.39 is 6.04 Å². The molecule has 2 aromatic rings. The lowest BCUT2D eigenvalue weighted by molar-refractivity contribution is -0.143. The van der Waals surface area contributed by atoms with E-state index in [9.17, 15) is 14.0 Å². The number of rotatable bonds is 4. The van der Waals surface area contributed by atoms with Crippen LogP contribution in [-0.2, 0) is 16.0 Å². The average molecular weight is 316 g/mol. The van der Waals surface area contributed by atoms with Crippen molar-refractivity contribution in [3.63, 3.8) is 0 Å². The SMILES string of the molecule is O=C1NCCN(C(=O)CCc2ccco2)C1c1ccc(F)cc1. The number of carbonyl (C=O) groups excluding carboxylic acids is 2. The lowest BCUT2D eigenvalue weighted by Crippen LogP contribution is -2.52. The van der Waals surface area contributed by atoms with Crippen molar-refractivity contribution in [3.05, 3.63) is 59.8 Å². The number of carbonyl (C=O) groups is 2. The highest BCUT2D eigenvalue weighted by Gasteiger charge is 2.34. The third-order valence-electron chi connectivity index (χ3n) is 3.88. The molecule has 6 heteroatoms. The van der Waals surface area contributed by atoms with E-state index in [4.69, 9.17) is 4.42 Å². The normalized spacial score (nSPS) is 17.9. The maximum absolute atomic E-state index is 13.1. The average Bonchev–Trinajstić information content (AvgIpc) is 3.07. The van der Waals surface area contributed by atoms with Gasteiger partial charge in [0.1, 0.15) is 17.6 Å². The number of nitrogens with zero attached hydrogens (tertiary/aromatic N) is 1. The largest absolute Gasteiger partial charge is 0.469 e. The fourth-order valence-corrected chi connectivity index (χ4v) is 2.74. The Morgan fingerprint density at radius 1 is 1.30 bits per heavy atom. The van der Waals surface area contributed by atoms with Gasteiger partial charge >= 0.3 is 0 Å². The van der Waals surface area contributed by atoms with Crippen molar-refractivity contribution in [3.8, 4) is 0 Å². The first-order valence-electron chi connectivity index (χ1n) is 7.50. The van der Waals surface area contributed by atoms with Gasteiger partial charge in [-0.3, -0.25) is 9.59 Å². The predicted octanol–water partition coefficient (Wildman–Crippen LogP) is 2.05. The number of furan rings is 1. The summed E-state index contributed by atoms with van der Waals surface area (Å²) in [4.78, 5) is 26.3. The van der Waals surface area contributed by atoms with E-state index in [0.717, 1.165) is 5.76 Å². The Morgan fingerprint density at radius 3 is 2.78 bits per heavy atom. The van der Waals surface area contributed by atoms with Crippen molar-refractivity contribution in [2.75, 3.05) is 13.1 Å². The molecule has 0 aliphatic carbocycles. The van der Waals surface area contributed by atoms with Crippen LogP contribution in [0.4, 0.5) is 4.39 Å². The van der Waals surface area contributed by atoms with Crippen LogP contribution in [0.15, 0.2) is 47.1 Å². The second-order valence-corrected chi connectivity index (χ2v) is 5.41. The highest BCUT2D eigenvalue weighted by atomic mass is 19.1. The molecule has 1 aromatic carbocycles. The summed E-state index contributed by atoms with van der Waals surface area (Å²) in [7, 11) is 0. The molecule has 23 heavy (non-hydrogen) atoms. The van der Waals surface area contributed by atoms with Gasteiger partial charge < -0.3 is 14.6 Å². The molecule has 1 aromatic heterocycles. The number of amides is 2. The first-order chi connectivity index (χ1) is 11.1. The van der Waals surface area contributed by atoms with Crippen molar-refractivity contribution in [1.29, 1.82) is 0 Å². The molecule has 1 fully saturated rings. The second-order valence-electron chi connectivity index (χ2n) is 5.41. The molecule has 0 saturated carbocycles. The van der Waals surface area contributed by atoms with Crippen molar-refractivity contribution < 1.29 is 18.4 Å². The zero-order valence-electron chi connectivity index (χ0n) is 12.5. The molecule has 1 saturated heterocycles. The van der Waals surface area contributed by atoms with Gasteiger partial charge in [-0.2, -0.15) is 0 Å². The molecule has 1 aliphatic heterocycles. The van der Waals surface area contributed by atoms with E-state index >= 15 is 0 Å². The number of piperazine rings is 1. The third kappa shape index (κ3) is 3.41. The molecule has 0 spiro atoms. The van der Waals surface area contributed by atoms with Crippen LogP contribution in [0.25, 0.3) is 0 Å². The van der Waals surface area contributed by atoms with E-state index in [1.807, 2.05) is 6.07 Å². The summed E-state index contributed by atoms with van der Waals surface area (Å²) in [6.45, 7) is 0.855. The smallest absolute Gasteiger partial charge is 0.247 e. The lowest BCUT2D eigenvalue weighted by Gasteiger charge is -2.35. The minimum absolute atomic E-state index is 0.120. The van der Waals surface area contributed by atoms with E-state index in [1.165, 1.54) is 24.3 Å². The topological polar surface area (TPSA) is 62.6 Å². The van der Waals surface area contributed by atoms with Gasteiger partial charge in [-0.25, -0.2) is 4.39 Å². The number of nitrogens with one attached hydrogen (secondary N) is 1. The van der Waals surface area contributed by atoms with Crippen LogP contribution in [0.1, 0.15) is 23.8 Å². The number of halogens is 1. The fourth-order valence-electron chi connectivity index (χ4n) is 2.74. The Balaban J connectivity index is 1.75. The van der Waals surface area contributed by atoms with Crippen molar-refractivity contribution in [2.45, 2.75) is 18.9 Å². The molecule has 1 aliphatic rings. The summed E-state index contributed by atoms with van der Waals surface area (Å²) in [6, 6.07) is 8.54. The van der Waals surface area contributed by atoms with Crippen molar-refractivity contribution in [2.24, 2.45) is 0 Å². The van der Waals surface area contributed by atoms with Gasteiger partial charge in [0.05, 0.1) is 6.26 Å². The summed E-state index contributed by atoms with van der Waals surface area (Å²) >= 11 is 0. The van der Waals surface area contributed by atoms with Crippen molar-refractivity contribution >= 4 is 11.8 Å².